The number of fused-ring (bicyclic) bond motifs is 1. The molecule has 1 aliphatic carbocycles. The fraction of sp³-hybridized carbons (Fsp3) is 0.550. The second-order valence-corrected chi connectivity index (χ2v) is 7.54. The maximum absolute atomic E-state index is 13.2. The lowest BCUT2D eigenvalue weighted by atomic mass is 10.0. The van der Waals surface area contributed by atoms with Crippen LogP contribution in [0.3, 0.4) is 0 Å². The minimum atomic E-state index is -0.0179. The van der Waals surface area contributed by atoms with Crippen molar-refractivity contribution >= 4 is 11.7 Å². The number of H-pyrrole nitrogens is 1. The third kappa shape index (κ3) is 2.77. The average Bonchev–Trinajstić information content (AvgIpc) is 3.28. The third-order valence-corrected chi connectivity index (χ3v) is 5.53. The zero-order valence-corrected chi connectivity index (χ0v) is 15.8. The number of carbonyl (C=O) groups excluding carboxylic acids is 2. The molecule has 1 amide bonds. The van der Waals surface area contributed by atoms with Crippen LogP contribution in [0, 0.1) is 6.92 Å². The number of hydrogen-bond donors (Lipinski definition) is 1. The van der Waals surface area contributed by atoms with Crippen molar-refractivity contribution in [3.05, 3.63) is 40.2 Å². The number of aromatic nitrogens is 3. The molecule has 2 aliphatic rings. The Bertz CT molecular complexity index is 873. The molecule has 2 aromatic heterocycles. The molecule has 0 bridgehead atoms. The number of imidazole rings is 1. The van der Waals surface area contributed by atoms with Gasteiger partial charge in [-0.05, 0) is 38.7 Å². The highest BCUT2D eigenvalue weighted by atomic mass is 16.2. The van der Waals surface area contributed by atoms with Gasteiger partial charge in [0.05, 0.1) is 18.6 Å². The minimum absolute atomic E-state index is 0.0179. The second kappa shape index (κ2) is 6.41. The van der Waals surface area contributed by atoms with Gasteiger partial charge < -0.3 is 14.5 Å². The first-order valence-electron chi connectivity index (χ1n) is 9.57. The Kier molecular flexibility index (Phi) is 4.21. The van der Waals surface area contributed by atoms with Gasteiger partial charge in [0.1, 0.15) is 5.69 Å². The van der Waals surface area contributed by atoms with E-state index in [1.54, 1.807) is 6.92 Å². The SMILES string of the molecule is CCCc1c(C(=O)N2CCc3c(ncn3C3CC3)C2)[nH]c(C)c1C(C)=O. The van der Waals surface area contributed by atoms with Gasteiger partial charge in [0.15, 0.2) is 5.78 Å². The summed E-state index contributed by atoms with van der Waals surface area (Å²) in [5.74, 6) is 0.000953. The van der Waals surface area contributed by atoms with Crippen molar-refractivity contribution in [3.63, 3.8) is 0 Å². The Labute approximate surface area is 153 Å². The number of carbonyl (C=O) groups is 2. The predicted molar refractivity (Wildman–Crippen MR) is 98.5 cm³/mol. The van der Waals surface area contributed by atoms with E-state index in [1.165, 1.54) is 18.5 Å². The van der Waals surface area contributed by atoms with Crippen molar-refractivity contribution < 1.29 is 9.59 Å². The van der Waals surface area contributed by atoms with Crippen LogP contribution in [-0.2, 0) is 19.4 Å². The molecule has 1 N–H and O–H groups in total. The number of amides is 1. The molecule has 26 heavy (non-hydrogen) atoms. The van der Waals surface area contributed by atoms with E-state index in [-0.39, 0.29) is 11.7 Å². The van der Waals surface area contributed by atoms with Gasteiger partial charge in [0.2, 0.25) is 0 Å². The predicted octanol–water partition coefficient (Wildman–Crippen LogP) is 3.21. The molecule has 0 spiro atoms. The largest absolute Gasteiger partial charge is 0.354 e. The Morgan fingerprint density at radius 1 is 1.35 bits per heavy atom. The second-order valence-electron chi connectivity index (χ2n) is 7.54. The maximum Gasteiger partial charge on any atom is 0.270 e. The summed E-state index contributed by atoms with van der Waals surface area (Å²) in [7, 11) is 0. The van der Waals surface area contributed by atoms with Gasteiger partial charge in [-0.3, -0.25) is 9.59 Å². The summed E-state index contributed by atoms with van der Waals surface area (Å²) in [6.07, 6.45) is 6.89. The van der Waals surface area contributed by atoms with Crippen molar-refractivity contribution in [2.45, 2.75) is 65.5 Å². The molecule has 0 radical (unpaired) electrons. The summed E-state index contributed by atoms with van der Waals surface area (Å²) in [6.45, 7) is 6.76. The molecule has 0 unspecified atom stereocenters. The highest BCUT2D eigenvalue weighted by molar-refractivity contribution is 6.02. The zero-order valence-electron chi connectivity index (χ0n) is 15.8. The first-order chi connectivity index (χ1) is 12.5. The number of Topliss-reactive ketones (excluding diaryl/α,β-unsaturated/α-hetero) is 1. The summed E-state index contributed by atoms with van der Waals surface area (Å²) in [5, 5.41) is 0. The van der Waals surface area contributed by atoms with Gasteiger partial charge in [0, 0.05) is 36.0 Å². The number of nitrogens with one attached hydrogen (secondary N) is 1. The highest BCUT2D eigenvalue weighted by Crippen LogP contribution is 2.37. The van der Waals surface area contributed by atoms with Gasteiger partial charge in [-0.25, -0.2) is 4.98 Å². The molecule has 0 saturated heterocycles. The van der Waals surface area contributed by atoms with Crippen LogP contribution < -0.4 is 0 Å². The van der Waals surface area contributed by atoms with E-state index < -0.39 is 0 Å². The molecular formula is C20H26N4O2. The smallest absolute Gasteiger partial charge is 0.270 e. The van der Waals surface area contributed by atoms with Crippen LogP contribution in [0.4, 0.5) is 0 Å². The molecule has 0 atom stereocenters. The van der Waals surface area contributed by atoms with Crippen LogP contribution in [0.5, 0.6) is 0 Å². The Morgan fingerprint density at radius 3 is 2.77 bits per heavy atom. The minimum Gasteiger partial charge on any atom is -0.354 e. The van der Waals surface area contributed by atoms with Crippen LogP contribution in [0.2, 0.25) is 0 Å². The average molecular weight is 354 g/mol. The van der Waals surface area contributed by atoms with Crippen LogP contribution >= 0.6 is 0 Å². The zero-order chi connectivity index (χ0) is 18.4. The van der Waals surface area contributed by atoms with Crippen molar-refractivity contribution in [3.8, 4) is 0 Å². The summed E-state index contributed by atoms with van der Waals surface area (Å²) in [5.41, 5.74) is 5.24. The van der Waals surface area contributed by atoms with E-state index in [1.807, 2.05) is 18.2 Å². The Hall–Kier alpha value is -2.37. The van der Waals surface area contributed by atoms with E-state index in [2.05, 4.69) is 21.5 Å². The van der Waals surface area contributed by atoms with Gasteiger partial charge >= 0.3 is 0 Å². The fourth-order valence-electron chi connectivity index (χ4n) is 4.17. The molecule has 1 fully saturated rings. The lowest BCUT2D eigenvalue weighted by Gasteiger charge is -2.27. The molecule has 6 heteroatoms. The van der Waals surface area contributed by atoms with Crippen molar-refractivity contribution in [1.29, 1.82) is 0 Å². The van der Waals surface area contributed by atoms with Gasteiger partial charge in [0.25, 0.3) is 5.91 Å². The van der Waals surface area contributed by atoms with Crippen LogP contribution in [0.15, 0.2) is 6.33 Å². The Morgan fingerprint density at radius 2 is 2.12 bits per heavy atom. The molecule has 4 rings (SSSR count). The van der Waals surface area contributed by atoms with Gasteiger partial charge in [-0.1, -0.05) is 13.3 Å². The monoisotopic (exact) mass is 354 g/mol. The normalized spacial score (nSPS) is 16.7. The van der Waals surface area contributed by atoms with E-state index in [4.69, 9.17) is 0 Å². The molecule has 6 nitrogen and oxygen atoms in total. The van der Waals surface area contributed by atoms with Gasteiger partial charge in [-0.15, -0.1) is 0 Å². The number of aryl methyl sites for hydroxylation is 1. The number of rotatable bonds is 5. The van der Waals surface area contributed by atoms with Crippen LogP contribution in [0.25, 0.3) is 0 Å². The lowest BCUT2D eigenvalue weighted by molar-refractivity contribution is 0.0724. The first-order valence-corrected chi connectivity index (χ1v) is 9.57. The summed E-state index contributed by atoms with van der Waals surface area (Å²) >= 11 is 0. The van der Waals surface area contributed by atoms with Crippen LogP contribution in [-0.4, -0.2) is 37.7 Å². The molecule has 2 aromatic rings. The Balaban J connectivity index is 1.62. The number of ketones is 1. The number of aromatic amines is 1. The third-order valence-electron chi connectivity index (χ3n) is 5.53. The quantitative estimate of drug-likeness (QED) is 0.838. The fourth-order valence-corrected chi connectivity index (χ4v) is 4.17. The first kappa shape index (κ1) is 17.1. The molecular weight excluding hydrogens is 328 g/mol. The number of hydrogen-bond acceptors (Lipinski definition) is 3. The highest BCUT2D eigenvalue weighted by Gasteiger charge is 2.32. The summed E-state index contributed by atoms with van der Waals surface area (Å²) in [4.78, 5) is 34.9. The van der Waals surface area contributed by atoms with E-state index in [0.717, 1.165) is 36.2 Å². The summed E-state index contributed by atoms with van der Waals surface area (Å²) < 4.78 is 2.30. The molecule has 138 valence electrons. The van der Waals surface area contributed by atoms with Crippen molar-refractivity contribution in [2.75, 3.05) is 6.54 Å². The standard InChI is InChI=1S/C20H26N4O2/c1-4-5-15-18(13(3)25)12(2)22-19(15)20(26)23-9-8-17-16(10-23)21-11-24(17)14-6-7-14/h11,14,22H,4-10H2,1-3H3. The molecule has 3 heterocycles. The van der Waals surface area contributed by atoms with Gasteiger partial charge in [-0.2, -0.15) is 0 Å². The van der Waals surface area contributed by atoms with E-state index in [9.17, 15) is 9.59 Å². The van der Waals surface area contributed by atoms with Crippen molar-refractivity contribution in [1.82, 2.24) is 19.4 Å². The summed E-state index contributed by atoms with van der Waals surface area (Å²) in [6, 6.07) is 0.619. The van der Waals surface area contributed by atoms with Crippen molar-refractivity contribution in [2.24, 2.45) is 0 Å². The molecule has 1 saturated carbocycles. The van der Waals surface area contributed by atoms with E-state index in [0.29, 0.717) is 30.4 Å². The maximum atomic E-state index is 13.2. The molecule has 0 aromatic carbocycles. The topological polar surface area (TPSA) is 71.0 Å². The van der Waals surface area contributed by atoms with E-state index >= 15 is 0 Å². The molecule has 1 aliphatic heterocycles. The lowest BCUT2D eigenvalue weighted by Crippen LogP contribution is -2.37. The van der Waals surface area contributed by atoms with Crippen LogP contribution in [0.1, 0.15) is 82.6 Å². The number of nitrogens with zero attached hydrogens (tertiary/aromatic N) is 3.